The summed E-state index contributed by atoms with van der Waals surface area (Å²) in [4.78, 5) is 29.7. The summed E-state index contributed by atoms with van der Waals surface area (Å²) >= 11 is 0. The summed E-state index contributed by atoms with van der Waals surface area (Å²) in [7, 11) is 0. The van der Waals surface area contributed by atoms with E-state index in [-0.39, 0.29) is 28.5 Å². The maximum Gasteiger partial charge on any atom is 0.263 e. The lowest BCUT2D eigenvalue weighted by atomic mass is 9.86. The van der Waals surface area contributed by atoms with E-state index in [0.717, 1.165) is 5.69 Å². The highest BCUT2D eigenvalue weighted by Crippen LogP contribution is 2.21. The van der Waals surface area contributed by atoms with Crippen LogP contribution >= 0.6 is 0 Å². The summed E-state index contributed by atoms with van der Waals surface area (Å²) in [5.41, 5.74) is 1.41. The normalized spacial score (nSPS) is 12.9. The molecular weight excluding hydrogens is 316 g/mol. The fourth-order valence-corrected chi connectivity index (χ4v) is 2.97. The first kappa shape index (κ1) is 19.0. The van der Waals surface area contributed by atoms with Crippen LogP contribution in [0.2, 0.25) is 0 Å². The lowest BCUT2D eigenvalue weighted by Gasteiger charge is -2.32. The monoisotopic (exact) mass is 344 g/mol. The van der Waals surface area contributed by atoms with Crippen molar-refractivity contribution in [3.05, 3.63) is 52.0 Å². The number of hydrogen-bond donors (Lipinski definition) is 1. The number of aromatic nitrogens is 3. The largest absolute Gasteiger partial charge is 0.347 e. The van der Waals surface area contributed by atoms with Crippen molar-refractivity contribution in [3.8, 4) is 0 Å². The van der Waals surface area contributed by atoms with Gasteiger partial charge in [-0.2, -0.15) is 0 Å². The van der Waals surface area contributed by atoms with Crippen molar-refractivity contribution in [1.82, 2.24) is 19.4 Å². The lowest BCUT2D eigenvalue weighted by Crippen LogP contribution is -2.48. The summed E-state index contributed by atoms with van der Waals surface area (Å²) in [6.45, 7) is 13.0. The SMILES string of the molecule is CCn1c(C)cc(C)c(C(=O)N[C@@H](Cn2ccnc2)C(C)(C)C)c1=O. The van der Waals surface area contributed by atoms with Crippen LogP contribution in [0.1, 0.15) is 49.3 Å². The number of aryl methyl sites for hydroxylation is 2. The van der Waals surface area contributed by atoms with Crippen LogP contribution in [0.15, 0.2) is 29.6 Å². The molecule has 1 atom stereocenters. The van der Waals surface area contributed by atoms with Crippen LogP contribution in [0, 0.1) is 19.3 Å². The number of hydrogen-bond acceptors (Lipinski definition) is 3. The molecule has 0 saturated carbocycles. The molecular formula is C19H28N4O2. The van der Waals surface area contributed by atoms with Gasteiger partial charge in [0.05, 0.1) is 12.4 Å². The quantitative estimate of drug-likeness (QED) is 0.906. The van der Waals surface area contributed by atoms with Gasteiger partial charge in [0.1, 0.15) is 5.56 Å². The molecule has 0 unspecified atom stereocenters. The molecule has 0 fully saturated rings. The van der Waals surface area contributed by atoms with Crippen LogP contribution in [0.4, 0.5) is 0 Å². The number of carbonyl (C=O) groups excluding carboxylic acids is 1. The fraction of sp³-hybridized carbons (Fsp3) is 0.526. The Morgan fingerprint density at radius 3 is 2.52 bits per heavy atom. The van der Waals surface area contributed by atoms with Gasteiger partial charge in [-0.15, -0.1) is 0 Å². The molecule has 0 aromatic carbocycles. The molecule has 0 bridgehead atoms. The Balaban J connectivity index is 2.34. The molecule has 2 aromatic heterocycles. The highest BCUT2D eigenvalue weighted by atomic mass is 16.2. The first-order valence-electron chi connectivity index (χ1n) is 8.62. The molecule has 136 valence electrons. The van der Waals surface area contributed by atoms with Gasteiger partial charge in [0.15, 0.2) is 0 Å². The van der Waals surface area contributed by atoms with Crippen molar-refractivity contribution in [1.29, 1.82) is 0 Å². The Morgan fingerprint density at radius 2 is 2.00 bits per heavy atom. The van der Waals surface area contributed by atoms with Crippen LogP contribution in [-0.2, 0) is 13.1 Å². The Labute approximate surface area is 148 Å². The third-order valence-electron chi connectivity index (χ3n) is 4.55. The van der Waals surface area contributed by atoms with E-state index in [1.807, 2.05) is 37.6 Å². The van der Waals surface area contributed by atoms with Gasteiger partial charge < -0.3 is 14.5 Å². The maximum atomic E-state index is 12.9. The summed E-state index contributed by atoms with van der Waals surface area (Å²) < 4.78 is 3.56. The fourth-order valence-electron chi connectivity index (χ4n) is 2.97. The number of imidazole rings is 1. The van der Waals surface area contributed by atoms with E-state index in [2.05, 4.69) is 31.1 Å². The molecule has 1 N–H and O–H groups in total. The van der Waals surface area contributed by atoms with E-state index >= 15 is 0 Å². The van der Waals surface area contributed by atoms with Crippen LogP contribution < -0.4 is 10.9 Å². The topological polar surface area (TPSA) is 68.9 Å². The molecule has 0 spiro atoms. The standard InChI is InChI=1S/C19H28N4O2/c1-7-23-14(3)10-13(2)16(18(23)25)17(24)21-15(19(4,5)6)11-22-9-8-20-12-22/h8-10,12,15H,7,11H2,1-6H3,(H,21,24)/t15-/m0/s1. The smallest absolute Gasteiger partial charge is 0.263 e. The van der Waals surface area contributed by atoms with Gasteiger partial charge in [-0.1, -0.05) is 20.8 Å². The lowest BCUT2D eigenvalue weighted by molar-refractivity contribution is 0.0889. The number of nitrogens with one attached hydrogen (secondary N) is 1. The van der Waals surface area contributed by atoms with Crippen molar-refractivity contribution >= 4 is 5.91 Å². The molecule has 6 nitrogen and oxygen atoms in total. The second-order valence-electron chi connectivity index (χ2n) is 7.54. The zero-order valence-electron chi connectivity index (χ0n) is 16.0. The number of carbonyl (C=O) groups is 1. The third kappa shape index (κ3) is 4.18. The Hall–Kier alpha value is -2.37. The number of amides is 1. The van der Waals surface area contributed by atoms with Crippen molar-refractivity contribution in [3.63, 3.8) is 0 Å². The average Bonchev–Trinajstić information content (AvgIpc) is 2.98. The highest BCUT2D eigenvalue weighted by Gasteiger charge is 2.28. The average molecular weight is 344 g/mol. The van der Waals surface area contributed by atoms with E-state index < -0.39 is 0 Å². The molecule has 2 rings (SSSR count). The molecule has 0 radical (unpaired) electrons. The van der Waals surface area contributed by atoms with E-state index in [1.54, 1.807) is 17.1 Å². The molecule has 0 saturated heterocycles. The molecule has 25 heavy (non-hydrogen) atoms. The van der Waals surface area contributed by atoms with Crippen molar-refractivity contribution < 1.29 is 4.79 Å². The Bertz CT molecular complexity index is 798. The van der Waals surface area contributed by atoms with Gasteiger partial charge in [0.2, 0.25) is 0 Å². The second kappa shape index (κ2) is 7.25. The van der Waals surface area contributed by atoms with Crippen LogP contribution in [0.25, 0.3) is 0 Å². The third-order valence-corrected chi connectivity index (χ3v) is 4.55. The van der Waals surface area contributed by atoms with E-state index in [0.29, 0.717) is 18.7 Å². The summed E-state index contributed by atoms with van der Waals surface area (Å²) in [6.07, 6.45) is 5.31. The van der Waals surface area contributed by atoms with Crippen molar-refractivity contribution in [2.45, 2.75) is 60.7 Å². The molecule has 1 amide bonds. The number of pyridine rings is 1. The minimum atomic E-state index is -0.315. The molecule has 0 aliphatic heterocycles. The van der Waals surface area contributed by atoms with Crippen molar-refractivity contribution in [2.75, 3.05) is 0 Å². The van der Waals surface area contributed by atoms with Gasteiger partial charge >= 0.3 is 0 Å². The van der Waals surface area contributed by atoms with E-state index in [4.69, 9.17) is 0 Å². The predicted octanol–water partition coefficient (Wildman–Crippen LogP) is 2.53. The zero-order chi connectivity index (χ0) is 18.8. The summed E-state index contributed by atoms with van der Waals surface area (Å²) in [5.74, 6) is -0.315. The predicted molar refractivity (Wildman–Crippen MR) is 98.8 cm³/mol. The molecule has 0 aliphatic rings. The Kier molecular flexibility index (Phi) is 5.50. The first-order chi connectivity index (χ1) is 11.6. The first-order valence-corrected chi connectivity index (χ1v) is 8.62. The highest BCUT2D eigenvalue weighted by molar-refractivity contribution is 5.95. The summed E-state index contributed by atoms with van der Waals surface area (Å²) in [5, 5.41) is 3.06. The molecule has 6 heteroatoms. The zero-order valence-corrected chi connectivity index (χ0v) is 16.0. The molecule has 2 aromatic rings. The second-order valence-corrected chi connectivity index (χ2v) is 7.54. The van der Waals surface area contributed by atoms with Crippen LogP contribution in [0.3, 0.4) is 0 Å². The van der Waals surface area contributed by atoms with E-state index in [9.17, 15) is 9.59 Å². The van der Waals surface area contributed by atoms with Gasteiger partial charge in [-0.05, 0) is 37.8 Å². The minimum Gasteiger partial charge on any atom is -0.347 e. The summed E-state index contributed by atoms with van der Waals surface area (Å²) in [6, 6.07) is 1.76. The van der Waals surface area contributed by atoms with Gasteiger partial charge in [0, 0.05) is 31.2 Å². The maximum absolute atomic E-state index is 12.9. The van der Waals surface area contributed by atoms with E-state index in [1.165, 1.54) is 0 Å². The molecule has 2 heterocycles. The van der Waals surface area contributed by atoms with Gasteiger partial charge in [-0.3, -0.25) is 9.59 Å². The number of rotatable bonds is 5. The van der Waals surface area contributed by atoms with Gasteiger partial charge in [-0.25, -0.2) is 4.98 Å². The van der Waals surface area contributed by atoms with Gasteiger partial charge in [0.25, 0.3) is 11.5 Å². The molecule has 0 aliphatic carbocycles. The van der Waals surface area contributed by atoms with Crippen LogP contribution in [-0.4, -0.2) is 26.1 Å². The van der Waals surface area contributed by atoms with Crippen LogP contribution in [0.5, 0.6) is 0 Å². The minimum absolute atomic E-state index is 0.135. The van der Waals surface area contributed by atoms with Crippen molar-refractivity contribution in [2.24, 2.45) is 5.41 Å². The Morgan fingerprint density at radius 1 is 1.32 bits per heavy atom. The number of nitrogens with zero attached hydrogens (tertiary/aromatic N) is 3.